The zero-order chi connectivity index (χ0) is 12.8. The van der Waals surface area contributed by atoms with Crippen LogP contribution in [0.1, 0.15) is 24.9 Å². The van der Waals surface area contributed by atoms with Gasteiger partial charge in [-0.05, 0) is 32.5 Å². The zero-order valence-electron chi connectivity index (χ0n) is 10.6. The molecule has 0 fully saturated rings. The van der Waals surface area contributed by atoms with Crippen LogP contribution in [0.25, 0.3) is 0 Å². The molecular weight excluding hydrogens is 218 g/mol. The molecule has 0 saturated carbocycles. The van der Waals surface area contributed by atoms with Crippen LogP contribution in [-0.2, 0) is 11.3 Å². The maximum atomic E-state index is 10.8. The fourth-order valence-corrected chi connectivity index (χ4v) is 1.55. The van der Waals surface area contributed by atoms with Gasteiger partial charge >= 0.3 is 5.97 Å². The van der Waals surface area contributed by atoms with E-state index in [2.05, 4.69) is 0 Å². The van der Waals surface area contributed by atoms with Crippen molar-refractivity contribution in [2.45, 2.75) is 26.8 Å². The second-order valence-electron chi connectivity index (χ2n) is 4.10. The number of aryl methyl sites for hydroxylation is 1. The molecule has 0 bridgehead atoms. The zero-order valence-corrected chi connectivity index (χ0v) is 10.6. The van der Waals surface area contributed by atoms with E-state index in [0.717, 1.165) is 11.5 Å². The van der Waals surface area contributed by atoms with E-state index in [4.69, 9.17) is 9.52 Å². The molecule has 4 nitrogen and oxygen atoms in total. The number of nitrogens with zero attached hydrogens (tertiary/aromatic N) is 1. The number of hydrogen-bond donors (Lipinski definition) is 1. The minimum atomic E-state index is -0.838. The molecule has 0 unspecified atom stereocenters. The second-order valence-corrected chi connectivity index (χ2v) is 4.10. The predicted molar refractivity (Wildman–Crippen MR) is 65.8 cm³/mol. The van der Waals surface area contributed by atoms with Crippen LogP contribution in [0, 0.1) is 6.92 Å². The van der Waals surface area contributed by atoms with Gasteiger partial charge in [-0.15, -0.1) is 0 Å². The Hall–Kier alpha value is -1.55. The van der Waals surface area contributed by atoms with E-state index in [-0.39, 0.29) is 0 Å². The van der Waals surface area contributed by atoms with Crippen LogP contribution in [0.5, 0.6) is 0 Å². The normalized spacial score (nSPS) is 12.1. The Bertz CT molecular complexity index is 407. The van der Waals surface area contributed by atoms with Crippen LogP contribution < -0.4 is 0 Å². The van der Waals surface area contributed by atoms with Gasteiger partial charge in [0.15, 0.2) is 0 Å². The van der Waals surface area contributed by atoms with Crippen molar-refractivity contribution < 1.29 is 14.3 Å². The van der Waals surface area contributed by atoms with Crippen molar-refractivity contribution in [3.63, 3.8) is 0 Å². The highest BCUT2D eigenvalue weighted by molar-refractivity contribution is 5.86. The van der Waals surface area contributed by atoms with Gasteiger partial charge in [-0.2, -0.15) is 0 Å². The summed E-state index contributed by atoms with van der Waals surface area (Å²) in [5.41, 5.74) is 0.451. The van der Waals surface area contributed by atoms with E-state index in [1.165, 1.54) is 0 Å². The average Bonchev–Trinajstić information content (AvgIpc) is 2.64. The lowest BCUT2D eigenvalue weighted by Gasteiger charge is -2.12. The van der Waals surface area contributed by atoms with Gasteiger partial charge in [-0.3, -0.25) is 4.90 Å². The summed E-state index contributed by atoms with van der Waals surface area (Å²) in [5, 5.41) is 8.87. The number of carbonyl (C=O) groups is 1. The van der Waals surface area contributed by atoms with Crippen LogP contribution in [-0.4, -0.2) is 29.6 Å². The first-order chi connectivity index (χ1) is 8.02. The molecule has 1 rings (SSSR count). The summed E-state index contributed by atoms with van der Waals surface area (Å²) in [4.78, 5) is 12.8. The first kappa shape index (κ1) is 13.5. The largest absolute Gasteiger partial charge is 0.478 e. The van der Waals surface area contributed by atoms with E-state index < -0.39 is 5.97 Å². The molecule has 1 heterocycles. The summed E-state index contributed by atoms with van der Waals surface area (Å²) in [7, 11) is 1.93. The van der Waals surface area contributed by atoms with Crippen molar-refractivity contribution in [3.8, 4) is 0 Å². The van der Waals surface area contributed by atoms with E-state index in [0.29, 0.717) is 25.1 Å². The Morgan fingerprint density at radius 1 is 1.53 bits per heavy atom. The summed E-state index contributed by atoms with van der Waals surface area (Å²) in [6, 6.07) is 3.86. The van der Waals surface area contributed by atoms with E-state index in [1.54, 1.807) is 6.08 Å². The van der Waals surface area contributed by atoms with Gasteiger partial charge in [0.1, 0.15) is 11.5 Å². The molecule has 94 valence electrons. The van der Waals surface area contributed by atoms with Crippen LogP contribution in [0.3, 0.4) is 0 Å². The minimum Gasteiger partial charge on any atom is -0.478 e. The van der Waals surface area contributed by atoms with E-state index in [1.807, 2.05) is 37.9 Å². The lowest BCUT2D eigenvalue weighted by atomic mass is 10.2. The molecule has 0 aliphatic rings. The standard InChI is InChI=1S/C13H19NO3/c1-4-11(13(15)16)7-8-14(3)9-12-6-5-10(2)17-12/h5-7H,4,8-9H2,1-3H3,(H,15,16). The minimum absolute atomic E-state index is 0.451. The molecule has 0 amide bonds. The van der Waals surface area contributed by atoms with Crippen LogP contribution in [0.2, 0.25) is 0 Å². The third kappa shape index (κ3) is 4.44. The lowest BCUT2D eigenvalue weighted by molar-refractivity contribution is -0.132. The van der Waals surface area contributed by atoms with Gasteiger partial charge in [0.2, 0.25) is 0 Å². The maximum Gasteiger partial charge on any atom is 0.331 e. The molecule has 1 aromatic rings. The van der Waals surface area contributed by atoms with Crippen molar-refractivity contribution in [2.75, 3.05) is 13.6 Å². The van der Waals surface area contributed by atoms with Gasteiger partial charge in [0.05, 0.1) is 6.54 Å². The number of furan rings is 1. The van der Waals surface area contributed by atoms with Gasteiger partial charge in [-0.25, -0.2) is 4.79 Å². The smallest absolute Gasteiger partial charge is 0.331 e. The van der Waals surface area contributed by atoms with Crippen molar-refractivity contribution in [1.29, 1.82) is 0 Å². The Labute approximate surface area is 102 Å². The molecule has 0 radical (unpaired) electrons. The van der Waals surface area contributed by atoms with E-state index >= 15 is 0 Å². The maximum absolute atomic E-state index is 10.8. The molecule has 0 spiro atoms. The Morgan fingerprint density at radius 2 is 2.24 bits per heavy atom. The SMILES string of the molecule is CCC(=CCN(C)Cc1ccc(C)o1)C(=O)O. The van der Waals surface area contributed by atoms with Crippen LogP contribution in [0.4, 0.5) is 0 Å². The third-order valence-electron chi connectivity index (χ3n) is 2.53. The van der Waals surface area contributed by atoms with Crippen molar-refractivity contribution in [1.82, 2.24) is 4.90 Å². The number of hydrogen-bond acceptors (Lipinski definition) is 3. The average molecular weight is 237 g/mol. The number of aliphatic carboxylic acids is 1. The molecular formula is C13H19NO3. The molecule has 0 saturated heterocycles. The molecule has 1 N–H and O–H groups in total. The fourth-order valence-electron chi connectivity index (χ4n) is 1.55. The molecule has 17 heavy (non-hydrogen) atoms. The summed E-state index contributed by atoms with van der Waals surface area (Å²) < 4.78 is 5.46. The first-order valence-corrected chi connectivity index (χ1v) is 5.69. The molecule has 0 aliphatic heterocycles. The number of carboxylic acids is 1. The number of likely N-dealkylation sites (N-methyl/N-ethyl adjacent to an activating group) is 1. The second kappa shape index (κ2) is 6.25. The van der Waals surface area contributed by atoms with Gasteiger partial charge in [0.25, 0.3) is 0 Å². The van der Waals surface area contributed by atoms with Gasteiger partial charge in [-0.1, -0.05) is 13.0 Å². The van der Waals surface area contributed by atoms with E-state index in [9.17, 15) is 4.79 Å². The quantitative estimate of drug-likeness (QED) is 0.772. The monoisotopic (exact) mass is 237 g/mol. The fraction of sp³-hybridized carbons (Fsp3) is 0.462. The summed E-state index contributed by atoms with van der Waals surface area (Å²) in [6.45, 7) is 5.04. The molecule has 0 aliphatic carbocycles. The lowest BCUT2D eigenvalue weighted by Crippen LogP contribution is -2.18. The molecule has 4 heteroatoms. The van der Waals surface area contributed by atoms with Crippen molar-refractivity contribution in [2.24, 2.45) is 0 Å². The Balaban J connectivity index is 2.49. The molecule has 0 atom stereocenters. The highest BCUT2D eigenvalue weighted by Gasteiger charge is 2.06. The summed E-state index contributed by atoms with van der Waals surface area (Å²) >= 11 is 0. The predicted octanol–water partition coefficient (Wildman–Crippen LogP) is 2.44. The summed E-state index contributed by atoms with van der Waals surface area (Å²) in [5.74, 6) is 0.949. The molecule has 1 aromatic heterocycles. The van der Waals surface area contributed by atoms with Crippen molar-refractivity contribution in [3.05, 3.63) is 35.3 Å². The van der Waals surface area contributed by atoms with Crippen LogP contribution >= 0.6 is 0 Å². The first-order valence-electron chi connectivity index (χ1n) is 5.69. The highest BCUT2D eigenvalue weighted by atomic mass is 16.4. The third-order valence-corrected chi connectivity index (χ3v) is 2.53. The Morgan fingerprint density at radius 3 is 2.71 bits per heavy atom. The van der Waals surface area contributed by atoms with Gasteiger partial charge in [0, 0.05) is 12.1 Å². The highest BCUT2D eigenvalue weighted by Crippen LogP contribution is 2.09. The topological polar surface area (TPSA) is 53.7 Å². The Kier molecular flexibility index (Phi) is 4.97. The summed E-state index contributed by atoms with van der Waals surface area (Å²) in [6.07, 6.45) is 2.29. The van der Waals surface area contributed by atoms with Crippen LogP contribution in [0.15, 0.2) is 28.2 Å². The van der Waals surface area contributed by atoms with Gasteiger partial charge < -0.3 is 9.52 Å². The number of rotatable bonds is 6. The molecule has 0 aromatic carbocycles. The number of carboxylic acid groups (broad SMARTS) is 1. The van der Waals surface area contributed by atoms with Crippen molar-refractivity contribution >= 4 is 5.97 Å².